The molecule has 0 saturated carbocycles. The number of nitrogens with one attached hydrogen (secondary N) is 1. The number of nitroso groups, excluding NO2 is 1. The smallest absolute Gasteiger partial charge is 0.332 e. The Morgan fingerprint density at radius 1 is 1.82 bits per heavy atom. The molecule has 1 fully saturated rings. The number of hydrogen-bond donors (Lipinski definition) is 1. The van der Waals surface area contributed by atoms with E-state index in [2.05, 4.69) is 10.6 Å². The number of carbonyl (C=O) groups excluding carboxylic acids is 1. The Morgan fingerprint density at radius 2 is 2.55 bits per heavy atom. The maximum atomic E-state index is 10.8. The van der Waals surface area contributed by atoms with Crippen molar-refractivity contribution in [3.8, 4) is 0 Å². The van der Waals surface area contributed by atoms with Gasteiger partial charge in [-0.05, 0) is 6.42 Å². The lowest BCUT2D eigenvalue weighted by atomic mass is 10.2. The summed E-state index contributed by atoms with van der Waals surface area (Å²) in [6.45, 7) is 0.328. The van der Waals surface area contributed by atoms with Crippen LogP contribution >= 0.6 is 11.6 Å². The van der Waals surface area contributed by atoms with Crippen molar-refractivity contribution in [2.75, 3.05) is 12.4 Å². The Labute approximate surface area is 68.6 Å². The van der Waals surface area contributed by atoms with Crippen LogP contribution in [0.4, 0.5) is 4.79 Å². The fourth-order valence-corrected chi connectivity index (χ4v) is 1.22. The molecule has 0 aromatic rings. The predicted molar refractivity (Wildman–Crippen MR) is 40.2 cm³/mol. The molecule has 1 aliphatic rings. The second-order valence-corrected chi connectivity index (χ2v) is 2.67. The third-order valence-electron chi connectivity index (χ3n) is 1.51. The van der Waals surface area contributed by atoms with Crippen molar-refractivity contribution in [1.29, 1.82) is 0 Å². The van der Waals surface area contributed by atoms with Crippen LogP contribution in [0.2, 0.25) is 0 Å². The van der Waals surface area contributed by atoms with Gasteiger partial charge in [-0.1, -0.05) is 0 Å². The van der Waals surface area contributed by atoms with E-state index in [0.717, 1.165) is 5.01 Å². The molecule has 1 N–H and O–H groups in total. The minimum atomic E-state index is -0.435. The van der Waals surface area contributed by atoms with Crippen LogP contribution in [0.25, 0.3) is 0 Å². The Hall–Kier alpha value is -0.840. The highest BCUT2D eigenvalue weighted by atomic mass is 35.5. The highest BCUT2D eigenvalue weighted by Crippen LogP contribution is 2.07. The topological polar surface area (TPSA) is 61.8 Å². The normalized spacial score (nSPS) is 23.5. The van der Waals surface area contributed by atoms with Crippen LogP contribution < -0.4 is 5.32 Å². The van der Waals surface area contributed by atoms with E-state index in [0.29, 0.717) is 18.8 Å². The van der Waals surface area contributed by atoms with Crippen molar-refractivity contribution < 1.29 is 4.79 Å². The van der Waals surface area contributed by atoms with Crippen LogP contribution in [0.15, 0.2) is 5.29 Å². The van der Waals surface area contributed by atoms with Crippen LogP contribution in [0, 0.1) is 4.91 Å². The van der Waals surface area contributed by atoms with Crippen LogP contribution in [-0.4, -0.2) is 29.5 Å². The van der Waals surface area contributed by atoms with E-state index in [1.54, 1.807) is 0 Å². The van der Waals surface area contributed by atoms with E-state index >= 15 is 0 Å². The van der Waals surface area contributed by atoms with Gasteiger partial charge in [0.25, 0.3) is 0 Å². The van der Waals surface area contributed by atoms with E-state index in [-0.39, 0.29) is 6.04 Å². The molecular formula is C5H8ClN3O2. The highest BCUT2D eigenvalue weighted by Gasteiger charge is 2.28. The van der Waals surface area contributed by atoms with Gasteiger partial charge in [-0.2, -0.15) is 5.01 Å². The van der Waals surface area contributed by atoms with Crippen LogP contribution in [0.1, 0.15) is 6.42 Å². The quantitative estimate of drug-likeness (QED) is 0.509. The van der Waals surface area contributed by atoms with E-state index in [9.17, 15) is 9.70 Å². The molecule has 0 bridgehead atoms. The van der Waals surface area contributed by atoms with Gasteiger partial charge in [0.2, 0.25) is 0 Å². The molecule has 1 aliphatic heterocycles. The third kappa shape index (κ3) is 1.80. The fourth-order valence-electron chi connectivity index (χ4n) is 0.952. The summed E-state index contributed by atoms with van der Waals surface area (Å²) in [5.74, 6) is 0.470. The van der Waals surface area contributed by atoms with Crippen molar-refractivity contribution in [2.45, 2.75) is 12.5 Å². The number of hydrogen-bond acceptors (Lipinski definition) is 3. The first-order valence-electron chi connectivity index (χ1n) is 3.25. The Bertz CT molecular complexity index is 175. The van der Waals surface area contributed by atoms with E-state index in [1.165, 1.54) is 0 Å². The largest absolute Gasteiger partial charge is 0.340 e. The summed E-state index contributed by atoms with van der Waals surface area (Å²) in [6, 6.07) is -0.465. The van der Waals surface area contributed by atoms with Gasteiger partial charge in [-0.15, -0.1) is 16.5 Å². The molecule has 1 atom stereocenters. The van der Waals surface area contributed by atoms with Crippen molar-refractivity contribution in [1.82, 2.24) is 10.3 Å². The molecule has 1 saturated heterocycles. The van der Waals surface area contributed by atoms with Crippen molar-refractivity contribution >= 4 is 17.6 Å². The maximum Gasteiger partial charge on any atom is 0.340 e. The first-order chi connectivity index (χ1) is 5.27. The molecule has 1 unspecified atom stereocenters. The molecule has 1 heterocycles. The fraction of sp³-hybridized carbons (Fsp3) is 0.800. The zero-order valence-corrected chi connectivity index (χ0v) is 6.54. The zero-order valence-electron chi connectivity index (χ0n) is 5.79. The summed E-state index contributed by atoms with van der Waals surface area (Å²) in [7, 11) is 0. The maximum absolute atomic E-state index is 10.8. The van der Waals surface area contributed by atoms with Crippen LogP contribution in [0.5, 0.6) is 0 Å². The summed E-state index contributed by atoms with van der Waals surface area (Å²) >= 11 is 5.44. The number of alkyl halides is 1. The summed E-state index contributed by atoms with van der Waals surface area (Å²) in [6.07, 6.45) is 0.666. The van der Waals surface area contributed by atoms with Crippen LogP contribution in [-0.2, 0) is 0 Å². The monoisotopic (exact) mass is 177 g/mol. The van der Waals surface area contributed by atoms with Crippen LogP contribution in [0.3, 0.4) is 0 Å². The Kier molecular flexibility index (Phi) is 2.64. The molecule has 11 heavy (non-hydrogen) atoms. The third-order valence-corrected chi connectivity index (χ3v) is 1.73. The van der Waals surface area contributed by atoms with Gasteiger partial charge in [0.15, 0.2) is 0 Å². The molecule has 62 valence electrons. The lowest BCUT2D eigenvalue weighted by molar-refractivity contribution is 0.218. The van der Waals surface area contributed by atoms with E-state index in [4.69, 9.17) is 11.6 Å². The number of rotatable bonds is 3. The first-order valence-corrected chi connectivity index (χ1v) is 3.78. The van der Waals surface area contributed by atoms with E-state index < -0.39 is 6.03 Å². The van der Waals surface area contributed by atoms with Gasteiger partial charge in [0.05, 0.1) is 17.9 Å². The molecular weight excluding hydrogens is 170 g/mol. The molecule has 0 aromatic heterocycles. The minimum Gasteiger partial charge on any atom is -0.332 e. The molecule has 5 nitrogen and oxygen atoms in total. The average molecular weight is 178 g/mol. The number of halogens is 1. The number of carbonyl (C=O) groups is 1. The molecule has 2 amide bonds. The minimum absolute atomic E-state index is 0.0299. The number of amides is 2. The summed E-state index contributed by atoms with van der Waals surface area (Å²) in [5, 5.41) is 5.95. The molecule has 0 aromatic carbocycles. The van der Waals surface area contributed by atoms with Crippen molar-refractivity contribution in [3.05, 3.63) is 4.91 Å². The SMILES string of the molecule is O=NN1CC(CCCl)NC1=O. The highest BCUT2D eigenvalue weighted by molar-refractivity contribution is 6.17. The molecule has 0 aliphatic carbocycles. The second kappa shape index (κ2) is 3.52. The standard InChI is InChI=1S/C5H8ClN3O2/c6-2-1-4-3-9(8-11)5(10)7-4/h4H,1-3H2,(H,7,10). The van der Waals surface area contributed by atoms with Crippen molar-refractivity contribution in [3.63, 3.8) is 0 Å². The molecule has 6 heteroatoms. The van der Waals surface area contributed by atoms with Gasteiger partial charge < -0.3 is 5.32 Å². The summed E-state index contributed by atoms with van der Waals surface area (Å²) in [5.41, 5.74) is 0. The van der Waals surface area contributed by atoms with Gasteiger partial charge in [0.1, 0.15) is 0 Å². The van der Waals surface area contributed by atoms with Gasteiger partial charge in [-0.3, -0.25) is 0 Å². The average Bonchev–Trinajstić information content (AvgIpc) is 2.32. The molecule has 1 rings (SSSR count). The zero-order chi connectivity index (χ0) is 8.27. The predicted octanol–water partition coefficient (Wildman–Crippen LogP) is 0.691. The molecule has 0 radical (unpaired) electrons. The Morgan fingerprint density at radius 3 is 3.00 bits per heavy atom. The second-order valence-electron chi connectivity index (χ2n) is 2.29. The van der Waals surface area contributed by atoms with Gasteiger partial charge >= 0.3 is 6.03 Å². The molecule has 0 spiro atoms. The van der Waals surface area contributed by atoms with E-state index in [1.807, 2.05) is 0 Å². The van der Waals surface area contributed by atoms with Gasteiger partial charge in [-0.25, -0.2) is 4.79 Å². The van der Waals surface area contributed by atoms with Gasteiger partial charge in [0, 0.05) is 5.88 Å². The lowest BCUT2D eigenvalue weighted by Crippen LogP contribution is -2.26. The number of urea groups is 1. The first kappa shape index (κ1) is 8.26. The number of nitrogens with zero attached hydrogens (tertiary/aromatic N) is 2. The Balaban J connectivity index is 2.42. The lowest BCUT2D eigenvalue weighted by Gasteiger charge is -2.03. The van der Waals surface area contributed by atoms with Crippen molar-refractivity contribution in [2.24, 2.45) is 5.29 Å². The summed E-state index contributed by atoms with van der Waals surface area (Å²) < 4.78 is 0. The summed E-state index contributed by atoms with van der Waals surface area (Å²) in [4.78, 5) is 20.7.